The maximum atomic E-state index is 11.8. The van der Waals surface area contributed by atoms with E-state index in [1.807, 2.05) is 19.2 Å². The van der Waals surface area contributed by atoms with Crippen LogP contribution < -0.4 is 9.33 Å². The molecule has 0 spiro atoms. The van der Waals surface area contributed by atoms with Crippen LogP contribution in [0, 0.1) is 0 Å². The number of rotatable bonds is 2. The minimum Gasteiger partial charge on any atom is -0.543 e. The van der Waals surface area contributed by atoms with Crippen molar-refractivity contribution in [3.63, 3.8) is 0 Å². The van der Waals surface area contributed by atoms with Gasteiger partial charge in [0.05, 0.1) is 5.69 Å². The second kappa shape index (κ2) is 4.92. The molecule has 0 fully saturated rings. The molecular weight excluding hydrogens is 266 g/mol. The van der Waals surface area contributed by atoms with Gasteiger partial charge in [0.15, 0.2) is 0 Å². The average Bonchev–Trinajstić information content (AvgIpc) is 2.32. The fourth-order valence-electron chi connectivity index (χ4n) is 2.12. The number of hydrogen-bond donors (Lipinski definition) is 0. The van der Waals surface area contributed by atoms with Crippen LogP contribution in [0.2, 0.25) is 18.1 Å². The van der Waals surface area contributed by atoms with E-state index in [0.717, 1.165) is 17.9 Å². The van der Waals surface area contributed by atoms with Gasteiger partial charge in [-0.1, -0.05) is 26.8 Å². The number of nitrogens with zero attached hydrogens (tertiary/aromatic N) is 1. The summed E-state index contributed by atoms with van der Waals surface area (Å²) in [6.45, 7) is 11.2. The Kier molecular flexibility index (Phi) is 3.71. The first kappa shape index (κ1) is 15.1. The number of carbonyl (C=O) groups excluding carboxylic acids is 1. The van der Waals surface area contributed by atoms with Crippen LogP contribution in [0.15, 0.2) is 18.2 Å². The summed E-state index contributed by atoms with van der Waals surface area (Å²) < 4.78 is 6.32. The molecule has 20 heavy (non-hydrogen) atoms. The normalized spacial score (nSPS) is 16.1. The zero-order valence-corrected chi connectivity index (χ0v) is 14.4. The third kappa shape index (κ3) is 2.75. The lowest BCUT2D eigenvalue weighted by Crippen LogP contribution is -2.44. The minimum absolute atomic E-state index is 0.171. The minimum atomic E-state index is -1.83. The smallest absolute Gasteiger partial charge is 0.250 e. The monoisotopic (exact) mass is 291 g/mol. The van der Waals surface area contributed by atoms with Crippen molar-refractivity contribution in [3.8, 4) is 5.75 Å². The Morgan fingerprint density at radius 3 is 2.45 bits per heavy atom. The molecule has 1 heterocycles. The van der Waals surface area contributed by atoms with Crippen molar-refractivity contribution in [1.82, 2.24) is 0 Å². The highest BCUT2D eigenvalue weighted by Crippen LogP contribution is 2.39. The maximum Gasteiger partial charge on any atom is 0.250 e. The second-order valence-electron chi connectivity index (χ2n) is 7.11. The van der Waals surface area contributed by atoms with Crippen molar-refractivity contribution in [2.75, 3.05) is 11.9 Å². The zero-order chi connectivity index (χ0) is 15.1. The molecule has 2 rings (SSSR count). The molecule has 1 aliphatic heterocycles. The van der Waals surface area contributed by atoms with E-state index in [1.165, 1.54) is 5.56 Å². The van der Waals surface area contributed by atoms with Gasteiger partial charge in [-0.15, -0.1) is 0 Å². The molecule has 1 aromatic rings. The molecule has 3 nitrogen and oxygen atoms in total. The first-order valence-electron chi connectivity index (χ1n) is 7.20. The molecule has 0 atom stereocenters. The highest BCUT2D eigenvalue weighted by Gasteiger charge is 2.39. The average molecular weight is 291 g/mol. The van der Waals surface area contributed by atoms with Gasteiger partial charge in [-0.05, 0) is 36.2 Å². The van der Waals surface area contributed by atoms with Crippen LogP contribution in [-0.4, -0.2) is 21.3 Å². The first-order chi connectivity index (χ1) is 9.12. The quantitative estimate of drug-likeness (QED) is 0.771. The largest absolute Gasteiger partial charge is 0.543 e. The fraction of sp³-hybridized carbons (Fsp3) is 0.562. The summed E-state index contributed by atoms with van der Waals surface area (Å²) in [5.74, 6) is 1.07. The van der Waals surface area contributed by atoms with Gasteiger partial charge in [0.2, 0.25) is 14.2 Å². The molecule has 0 bridgehead atoms. The topological polar surface area (TPSA) is 29.5 Å². The first-order valence-corrected chi connectivity index (χ1v) is 10.1. The Morgan fingerprint density at radius 1 is 1.20 bits per heavy atom. The van der Waals surface area contributed by atoms with Gasteiger partial charge in [0.25, 0.3) is 0 Å². The van der Waals surface area contributed by atoms with E-state index >= 15 is 0 Å². The standard InChI is InChI=1S/C16H25NO2Si/c1-16(2,3)20(5,6)19-13-9-7-12-8-10-15(18)17(4)14(12)11-13/h7,9,11H,8,10H2,1-6H3. The van der Waals surface area contributed by atoms with E-state index in [2.05, 4.69) is 39.9 Å². The molecular formula is C16H25NO2Si. The number of fused-ring (bicyclic) bond motifs is 1. The predicted octanol–water partition coefficient (Wildman–Crippen LogP) is 3.98. The molecule has 0 radical (unpaired) electrons. The van der Waals surface area contributed by atoms with Crippen LogP contribution in [0.3, 0.4) is 0 Å². The van der Waals surface area contributed by atoms with Crippen LogP contribution in [0.5, 0.6) is 5.75 Å². The number of carbonyl (C=O) groups is 1. The number of benzene rings is 1. The molecule has 0 aliphatic carbocycles. The Morgan fingerprint density at radius 2 is 1.85 bits per heavy atom. The Labute approximate surface area is 123 Å². The highest BCUT2D eigenvalue weighted by molar-refractivity contribution is 6.74. The Bertz CT molecular complexity index is 532. The number of hydrogen-bond acceptors (Lipinski definition) is 2. The highest BCUT2D eigenvalue weighted by atomic mass is 28.4. The second-order valence-corrected chi connectivity index (χ2v) is 11.8. The maximum absolute atomic E-state index is 11.8. The molecule has 0 saturated carbocycles. The molecule has 0 saturated heterocycles. The summed E-state index contributed by atoms with van der Waals surface area (Å²) in [7, 11) is 0.0103. The van der Waals surface area contributed by atoms with Crippen molar-refractivity contribution < 1.29 is 9.22 Å². The zero-order valence-electron chi connectivity index (χ0n) is 13.4. The molecule has 1 aromatic carbocycles. The third-order valence-corrected chi connectivity index (χ3v) is 8.94. The van der Waals surface area contributed by atoms with Crippen molar-refractivity contribution in [1.29, 1.82) is 0 Å². The fourth-order valence-corrected chi connectivity index (χ4v) is 3.14. The third-order valence-electron chi connectivity index (χ3n) is 4.58. The van der Waals surface area contributed by atoms with Crippen LogP contribution >= 0.6 is 0 Å². The lowest BCUT2D eigenvalue weighted by atomic mass is 10.0. The molecule has 0 aromatic heterocycles. The number of amides is 1. The van der Waals surface area contributed by atoms with Gasteiger partial charge in [-0.25, -0.2) is 0 Å². The van der Waals surface area contributed by atoms with Crippen molar-refractivity contribution in [3.05, 3.63) is 23.8 Å². The number of anilines is 1. The summed E-state index contributed by atoms with van der Waals surface area (Å²) in [6.07, 6.45) is 1.44. The number of aryl methyl sites for hydroxylation is 1. The van der Waals surface area contributed by atoms with E-state index in [9.17, 15) is 4.79 Å². The van der Waals surface area contributed by atoms with E-state index in [0.29, 0.717) is 6.42 Å². The Hall–Kier alpha value is -1.29. The van der Waals surface area contributed by atoms with E-state index in [-0.39, 0.29) is 10.9 Å². The predicted molar refractivity (Wildman–Crippen MR) is 86.0 cm³/mol. The molecule has 0 unspecified atom stereocenters. The van der Waals surface area contributed by atoms with Gasteiger partial charge in [0, 0.05) is 19.5 Å². The van der Waals surface area contributed by atoms with Gasteiger partial charge in [-0.2, -0.15) is 0 Å². The van der Waals surface area contributed by atoms with Crippen LogP contribution in [0.4, 0.5) is 5.69 Å². The summed E-state index contributed by atoms with van der Waals surface area (Å²) >= 11 is 0. The van der Waals surface area contributed by atoms with Crippen molar-refractivity contribution >= 4 is 19.9 Å². The van der Waals surface area contributed by atoms with Crippen LogP contribution in [0.25, 0.3) is 0 Å². The Balaban J connectivity index is 2.30. The molecule has 1 amide bonds. The van der Waals surface area contributed by atoms with Crippen molar-refractivity contribution in [2.45, 2.75) is 51.7 Å². The summed E-state index contributed by atoms with van der Waals surface area (Å²) in [5.41, 5.74) is 2.23. The van der Waals surface area contributed by atoms with E-state index in [1.54, 1.807) is 4.90 Å². The van der Waals surface area contributed by atoms with Gasteiger partial charge < -0.3 is 9.33 Å². The molecule has 0 N–H and O–H groups in total. The lowest BCUT2D eigenvalue weighted by Gasteiger charge is -2.37. The SMILES string of the molecule is CN1C(=O)CCc2ccc(O[Si](C)(C)C(C)(C)C)cc21. The van der Waals surface area contributed by atoms with Crippen LogP contribution in [-0.2, 0) is 11.2 Å². The van der Waals surface area contributed by atoms with E-state index in [4.69, 9.17) is 4.43 Å². The van der Waals surface area contributed by atoms with Gasteiger partial charge in [-0.3, -0.25) is 4.79 Å². The summed E-state index contributed by atoms with van der Waals surface area (Å²) in [6, 6.07) is 6.16. The van der Waals surface area contributed by atoms with Gasteiger partial charge >= 0.3 is 0 Å². The molecule has 4 heteroatoms. The summed E-state index contributed by atoms with van der Waals surface area (Å²) in [5, 5.41) is 0.171. The lowest BCUT2D eigenvalue weighted by molar-refractivity contribution is -0.118. The van der Waals surface area contributed by atoms with E-state index < -0.39 is 8.32 Å². The van der Waals surface area contributed by atoms with Crippen LogP contribution in [0.1, 0.15) is 32.8 Å². The molecule has 110 valence electrons. The van der Waals surface area contributed by atoms with Crippen molar-refractivity contribution in [2.24, 2.45) is 0 Å². The molecule has 1 aliphatic rings. The van der Waals surface area contributed by atoms with Gasteiger partial charge in [0.1, 0.15) is 5.75 Å². The summed E-state index contributed by atoms with van der Waals surface area (Å²) in [4.78, 5) is 13.6.